The Hall–Kier alpha value is -5.62. The largest absolute Gasteiger partial charge is 0.369 e. The van der Waals surface area contributed by atoms with E-state index in [0.29, 0.717) is 77.5 Å². The zero-order valence-corrected chi connectivity index (χ0v) is 40.4. The van der Waals surface area contributed by atoms with Gasteiger partial charge in [0.05, 0.1) is 47.6 Å². The van der Waals surface area contributed by atoms with E-state index in [1.807, 2.05) is 50.2 Å². The first-order valence-corrected chi connectivity index (χ1v) is 25.4. The van der Waals surface area contributed by atoms with Crippen LogP contribution in [0, 0.1) is 41.4 Å². The molecule has 5 fully saturated rings. The van der Waals surface area contributed by atoms with E-state index in [4.69, 9.17) is 5.73 Å². The van der Waals surface area contributed by atoms with Gasteiger partial charge in [-0.05, 0) is 73.6 Å². The average Bonchev–Trinajstić information content (AvgIpc) is 4.17. The van der Waals surface area contributed by atoms with Gasteiger partial charge in [-0.15, -0.1) is 0 Å². The number of rotatable bonds is 20. The van der Waals surface area contributed by atoms with Gasteiger partial charge in [-0.1, -0.05) is 75.6 Å². The van der Waals surface area contributed by atoms with Gasteiger partial charge in [0.1, 0.15) is 0 Å². The van der Waals surface area contributed by atoms with Crippen LogP contribution >= 0.6 is 0 Å². The predicted molar refractivity (Wildman–Crippen MR) is 259 cm³/mol. The smallest absolute Gasteiger partial charge is 0.226 e. The maximum Gasteiger partial charge on any atom is 0.226 e. The number of hydrogen-bond acceptors (Lipinski definition) is 10. The summed E-state index contributed by atoms with van der Waals surface area (Å²) >= 11 is 0. The Balaban J connectivity index is 0.923. The minimum atomic E-state index is -0.575. The van der Waals surface area contributed by atoms with E-state index >= 15 is 0 Å². The zero-order valence-electron chi connectivity index (χ0n) is 40.4. The molecule has 2 aromatic rings. The fourth-order valence-corrected chi connectivity index (χ4v) is 11.5. The molecule has 3 saturated carbocycles. The summed E-state index contributed by atoms with van der Waals surface area (Å²) in [4.78, 5) is 106. The van der Waals surface area contributed by atoms with Gasteiger partial charge >= 0.3 is 0 Å². The highest BCUT2D eigenvalue weighted by Crippen LogP contribution is 2.30. The number of nitrogens with two attached hydrogens (primary N) is 1. The summed E-state index contributed by atoms with van der Waals surface area (Å²) in [5.74, 6) is -4.93. The number of carbonyl (C=O) groups excluding carboxylic acids is 8. The first-order valence-electron chi connectivity index (χ1n) is 25.4. The Labute approximate surface area is 405 Å². The van der Waals surface area contributed by atoms with Crippen molar-refractivity contribution in [2.45, 2.75) is 134 Å². The molecule has 2 saturated heterocycles. The van der Waals surface area contributed by atoms with Crippen LogP contribution < -0.4 is 53.6 Å². The standard InChI is InChI=1S/C51H74N10O8/c1-28(2)19-33(47(65)60-44-27-54-25-39(44)51(69)59-42-16-8-13-37(42)50(68)61-43-26-53-24-38(43)46(52)64)23-55-48(66)35-11-6-15-41(35)58-45(63)22-34(21-30-17-18-31-9-4-5-10-32(31)20-30)57-49(67)36-12-7-14-40(36)56-29(3)62/h4-5,9-10,17-18,20,28,33-44,53-54H,6-8,11-16,19,21-27H2,1-3H3,(H2,52,64)(H,55,66)(H,56,62)(H,57,67)(H,58,63)(H,59,69)(H,60,65)(H,61,68)/t33-,34-,35-,36-,37-,38-,39-,40+,41+,42+,43+,44+/m0/s1. The lowest BCUT2D eigenvalue weighted by molar-refractivity contribution is -0.131. The number of nitrogens with one attached hydrogen (secondary N) is 9. The molecule has 2 heterocycles. The Kier molecular flexibility index (Phi) is 17.7. The van der Waals surface area contributed by atoms with Gasteiger partial charge in [0.25, 0.3) is 0 Å². The molecular formula is C51H74N10O8. The molecule has 0 unspecified atom stereocenters. The van der Waals surface area contributed by atoms with Gasteiger partial charge in [-0.3, -0.25) is 38.4 Å². The number of benzene rings is 2. The minimum Gasteiger partial charge on any atom is -0.369 e. The molecule has 8 amide bonds. The van der Waals surface area contributed by atoms with Crippen molar-refractivity contribution in [3.8, 4) is 0 Å². The van der Waals surface area contributed by atoms with Crippen LogP contribution in [-0.4, -0.2) is 116 Å². The van der Waals surface area contributed by atoms with Gasteiger partial charge in [0, 0.05) is 70.2 Å². The zero-order chi connectivity index (χ0) is 49.2. The number of primary amides is 1. The summed E-state index contributed by atoms with van der Waals surface area (Å²) < 4.78 is 0. The fraction of sp³-hybridized carbons (Fsp3) is 0.647. The molecule has 18 heteroatoms. The number of hydrogen-bond donors (Lipinski definition) is 10. The predicted octanol–water partition coefficient (Wildman–Crippen LogP) is 0.804. The van der Waals surface area contributed by atoms with Crippen LogP contribution in [0.4, 0.5) is 0 Å². The molecule has 11 N–H and O–H groups in total. The summed E-state index contributed by atoms with van der Waals surface area (Å²) in [6.45, 7) is 7.14. The highest BCUT2D eigenvalue weighted by Gasteiger charge is 2.42. The van der Waals surface area contributed by atoms with Crippen LogP contribution in [0.2, 0.25) is 0 Å². The Morgan fingerprint density at radius 2 is 1.17 bits per heavy atom. The van der Waals surface area contributed by atoms with E-state index in [1.165, 1.54) is 6.92 Å². The molecule has 2 aromatic carbocycles. The van der Waals surface area contributed by atoms with Crippen LogP contribution in [0.3, 0.4) is 0 Å². The Morgan fingerprint density at radius 1 is 0.609 bits per heavy atom. The monoisotopic (exact) mass is 955 g/mol. The van der Waals surface area contributed by atoms with Crippen molar-refractivity contribution in [2.75, 3.05) is 32.7 Å². The summed E-state index contributed by atoms with van der Waals surface area (Å²) in [6.07, 6.45) is 7.01. The van der Waals surface area contributed by atoms with Crippen LogP contribution in [0.25, 0.3) is 10.8 Å². The van der Waals surface area contributed by atoms with Crippen molar-refractivity contribution in [2.24, 2.45) is 47.2 Å². The van der Waals surface area contributed by atoms with E-state index < -0.39 is 65.6 Å². The molecule has 0 radical (unpaired) electrons. The number of fused-ring (bicyclic) bond motifs is 1. The molecule has 376 valence electrons. The lowest BCUT2D eigenvalue weighted by atomic mass is 9.93. The van der Waals surface area contributed by atoms with E-state index in [-0.39, 0.29) is 72.3 Å². The normalized spacial score (nSPS) is 28.4. The molecular weight excluding hydrogens is 881 g/mol. The molecule has 0 spiro atoms. The van der Waals surface area contributed by atoms with Crippen LogP contribution in [-0.2, 0) is 44.8 Å². The second-order valence-electron chi connectivity index (χ2n) is 20.7. The van der Waals surface area contributed by atoms with E-state index in [2.05, 4.69) is 53.9 Å². The van der Waals surface area contributed by atoms with Crippen LogP contribution in [0.5, 0.6) is 0 Å². The van der Waals surface area contributed by atoms with Crippen molar-refractivity contribution in [3.63, 3.8) is 0 Å². The average molecular weight is 955 g/mol. The van der Waals surface area contributed by atoms with Crippen molar-refractivity contribution >= 4 is 58.0 Å². The van der Waals surface area contributed by atoms with Crippen LogP contribution in [0.15, 0.2) is 42.5 Å². The van der Waals surface area contributed by atoms with E-state index in [9.17, 15) is 38.4 Å². The number of amides is 8. The van der Waals surface area contributed by atoms with Crippen molar-refractivity contribution in [1.29, 1.82) is 0 Å². The number of carbonyl (C=O) groups is 8. The van der Waals surface area contributed by atoms with Crippen molar-refractivity contribution in [1.82, 2.24) is 47.9 Å². The summed E-state index contributed by atoms with van der Waals surface area (Å²) in [7, 11) is 0. The quantitative estimate of drug-likeness (QED) is 0.0893. The highest BCUT2D eigenvalue weighted by atomic mass is 16.2. The maximum absolute atomic E-state index is 14.0. The van der Waals surface area contributed by atoms with Gasteiger partial charge in [-0.2, -0.15) is 0 Å². The van der Waals surface area contributed by atoms with Gasteiger partial charge in [0.15, 0.2) is 0 Å². The molecule has 7 rings (SSSR count). The lowest BCUT2D eigenvalue weighted by Crippen LogP contribution is -2.53. The van der Waals surface area contributed by atoms with Gasteiger partial charge < -0.3 is 53.6 Å². The third-order valence-electron chi connectivity index (χ3n) is 15.1. The third-order valence-corrected chi connectivity index (χ3v) is 15.1. The first-order chi connectivity index (χ1) is 33.1. The maximum atomic E-state index is 14.0. The van der Waals surface area contributed by atoms with Crippen molar-refractivity contribution in [3.05, 3.63) is 48.0 Å². The van der Waals surface area contributed by atoms with E-state index in [1.54, 1.807) is 0 Å². The SMILES string of the molecule is CC(=O)N[C@@H]1CCC[C@@H]1C(=O)N[C@H](CC(=O)N[C@@H]1CCC[C@@H]1C(=O)NC[C@H](CC(C)C)C(=O)N[C@@H]1CNC[C@@H]1C(=O)N[C@@H]1CCC[C@@H]1C(=O)N[C@@H]1CNC[C@@H]1C(N)=O)Cc1ccc2ccccc2c1. The molecule has 12 atom stereocenters. The Bertz CT molecular complexity index is 2210. The topological polar surface area (TPSA) is 271 Å². The molecule has 3 aliphatic carbocycles. The van der Waals surface area contributed by atoms with Crippen LogP contribution in [0.1, 0.15) is 97.0 Å². The third kappa shape index (κ3) is 13.6. The lowest BCUT2D eigenvalue weighted by Gasteiger charge is -2.28. The highest BCUT2D eigenvalue weighted by molar-refractivity contribution is 5.88. The van der Waals surface area contributed by atoms with Crippen molar-refractivity contribution < 1.29 is 38.4 Å². The van der Waals surface area contributed by atoms with Gasteiger partial charge in [-0.25, -0.2) is 0 Å². The fourth-order valence-electron chi connectivity index (χ4n) is 11.5. The summed E-state index contributed by atoms with van der Waals surface area (Å²) in [6, 6.07) is 11.6. The first kappa shape index (κ1) is 51.2. The molecule has 0 aromatic heterocycles. The second kappa shape index (κ2) is 23.8. The minimum absolute atomic E-state index is 0.000298. The summed E-state index contributed by atoms with van der Waals surface area (Å²) in [5, 5.41) is 29.9. The molecule has 5 aliphatic rings. The summed E-state index contributed by atoms with van der Waals surface area (Å²) in [5.41, 5.74) is 6.52. The molecule has 0 bridgehead atoms. The second-order valence-corrected chi connectivity index (χ2v) is 20.7. The van der Waals surface area contributed by atoms with Gasteiger partial charge in [0.2, 0.25) is 47.3 Å². The van der Waals surface area contributed by atoms with E-state index in [0.717, 1.165) is 35.6 Å². The molecule has 18 nitrogen and oxygen atoms in total. The molecule has 69 heavy (non-hydrogen) atoms. The molecule has 2 aliphatic heterocycles. The Morgan fingerprint density at radius 3 is 1.83 bits per heavy atom.